The summed E-state index contributed by atoms with van der Waals surface area (Å²) in [6.07, 6.45) is 9.40. The van der Waals surface area contributed by atoms with E-state index in [4.69, 9.17) is 14.2 Å². The number of aromatic hydroxyl groups is 1. The number of morpholine rings is 1. The number of amides is 2. The lowest BCUT2D eigenvalue weighted by atomic mass is 9.89. The average Bonchev–Trinajstić information content (AvgIpc) is 3.89. The molecule has 2 aromatic carbocycles. The average molecular weight is 844 g/mol. The maximum atomic E-state index is 13.2. The number of aryl methyl sites for hydroxylation is 1. The highest BCUT2D eigenvalue weighted by atomic mass is 32.1. The minimum atomic E-state index is -0.836. The first-order valence-electron chi connectivity index (χ1n) is 22.0. The number of nitrogens with zero attached hydrogens (tertiary/aromatic N) is 4. The summed E-state index contributed by atoms with van der Waals surface area (Å²) in [7, 11) is 0. The predicted octanol–water partition coefficient (Wildman–Crippen LogP) is 5.56. The van der Waals surface area contributed by atoms with Crippen molar-refractivity contribution in [3.05, 3.63) is 75.0 Å². The van der Waals surface area contributed by atoms with Gasteiger partial charge in [-0.2, -0.15) is 0 Å². The monoisotopic (exact) mass is 843 g/mol. The van der Waals surface area contributed by atoms with Gasteiger partial charge in [-0.3, -0.25) is 29.1 Å². The molecular formula is C46H61N5O8S. The van der Waals surface area contributed by atoms with Gasteiger partial charge in [0, 0.05) is 63.3 Å². The van der Waals surface area contributed by atoms with Crippen molar-refractivity contribution in [1.29, 1.82) is 0 Å². The van der Waals surface area contributed by atoms with Crippen molar-refractivity contribution in [3.63, 3.8) is 0 Å². The van der Waals surface area contributed by atoms with Gasteiger partial charge in [-0.1, -0.05) is 49.6 Å². The third-order valence-electron chi connectivity index (χ3n) is 13.3. The number of anilines is 1. The quantitative estimate of drug-likeness (QED) is 0.166. The van der Waals surface area contributed by atoms with Crippen LogP contribution in [-0.2, 0) is 38.4 Å². The minimum Gasteiger partial charge on any atom is -0.506 e. The van der Waals surface area contributed by atoms with Crippen LogP contribution in [0.3, 0.4) is 0 Å². The van der Waals surface area contributed by atoms with Crippen molar-refractivity contribution >= 4 is 34.8 Å². The van der Waals surface area contributed by atoms with Gasteiger partial charge in [-0.25, -0.2) is 0 Å². The third-order valence-corrected chi connectivity index (χ3v) is 14.3. The lowest BCUT2D eigenvalue weighted by molar-refractivity contribution is -0.146. The summed E-state index contributed by atoms with van der Waals surface area (Å²) in [5.41, 5.74) is 3.43. The highest BCUT2D eigenvalue weighted by Crippen LogP contribution is 2.40. The molecule has 3 saturated heterocycles. The first-order chi connectivity index (χ1) is 29.1. The number of fused-ring (bicyclic) bond motifs is 1. The van der Waals surface area contributed by atoms with E-state index < -0.39 is 12.0 Å². The molecule has 1 saturated carbocycles. The van der Waals surface area contributed by atoms with E-state index in [1.54, 1.807) is 17.4 Å². The fourth-order valence-corrected chi connectivity index (χ4v) is 10.9. The largest absolute Gasteiger partial charge is 0.506 e. The molecule has 3 aromatic rings. The Bertz CT molecular complexity index is 1980. The fraction of sp³-hybridized carbons (Fsp3) is 0.587. The van der Waals surface area contributed by atoms with Crippen LogP contribution in [0, 0.1) is 6.92 Å². The number of carbonyl (C=O) groups is 3. The van der Waals surface area contributed by atoms with Gasteiger partial charge in [0.15, 0.2) is 12.4 Å². The fourth-order valence-electron chi connectivity index (χ4n) is 10.0. The van der Waals surface area contributed by atoms with Crippen molar-refractivity contribution in [3.8, 4) is 11.5 Å². The summed E-state index contributed by atoms with van der Waals surface area (Å²) in [5, 5.41) is 23.5. The number of carboxylic acids is 1. The molecule has 14 heteroatoms. The van der Waals surface area contributed by atoms with Crippen LogP contribution >= 0.6 is 11.3 Å². The number of ether oxygens (including phenoxy) is 3. The number of carboxylic acid groups (broad SMARTS) is 1. The molecule has 0 radical (unpaired) electrons. The number of thiophene rings is 1. The van der Waals surface area contributed by atoms with E-state index in [2.05, 4.69) is 44.3 Å². The van der Waals surface area contributed by atoms with Gasteiger partial charge in [0.2, 0.25) is 0 Å². The molecule has 1 aromatic heterocycles. The number of carbonyl (C=O) groups excluding carboxylic acids is 2. The van der Waals surface area contributed by atoms with E-state index in [9.17, 15) is 24.6 Å². The van der Waals surface area contributed by atoms with Gasteiger partial charge >= 0.3 is 5.97 Å². The number of hydrogen-bond acceptors (Lipinski definition) is 11. The Labute approximate surface area is 357 Å². The first-order valence-corrected chi connectivity index (χ1v) is 22.8. The molecule has 0 bridgehead atoms. The molecule has 5 heterocycles. The van der Waals surface area contributed by atoms with Crippen molar-refractivity contribution in [2.24, 2.45) is 0 Å². The second kappa shape index (κ2) is 19.3. The lowest BCUT2D eigenvalue weighted by Gasteiger charge is -2.47. The second-order valence-corrected chi connectivity index (χ2v) is 18.7. The summed E-state index contributed by atoms with van der Waals surface area (Å²) < 4.78 is 18.5. The third kappa shape index (κ3) is 10.2. The molecule has 3 N–H and O–H groups in total. The number of phenolic OH excluding ortho intramolecular Hbond substituents is 1. The van der Waals surface area contributed by atoms with Crippen LogP contribution in [0.25, 0.3) is 0 Å². The Morgan fingerprint density at radius 2 is 1.80 bits per heavy atom. The zero-order valence-electron chi connectivity index (χ0n) is 34.9. The molecule has 60 heavy (non-hydrogen) atoms. The molecule has 2 atom stereocenters. The number of hydrogen-bond donors (Lipinski definition) is 3. The van der Waals surface area contributed by atoms with Gasteiger partial charge in [0.1, 0.15) is 17.5 Å². The van der Waals surface area contributed by atoms with Gasteiger partial charge in [-0.15, -0.1) is 11.3 Å². The Morgan fingerprint density at radius 1 is 0.983 bits per heavy atom. The maximum Gasteiger partial charge on any atom is 0.323 e. The standard InChI is InChI=1S/C46H61N5O8S/c1-32-10-13-39(60-32)44(54)51-25-27-59-46(31-51)17-21-48(22-18-46)29-34-7-5-6-33(28-34)16-26-57-38-15-20-50(42(38)45(55)56)24-23-49(36-8-3-2-4-9-36)19-14-35-11-12-37(52)41-43(35)58-30-40(53)47-41/h5-7,10-13,28,36,38,42,52H,2-4,8-9,14-27,29-31H2,1H3,(H,47,53)(H,55,56)/t38?,42-/m0/s1. The van der Waals surface area contributed by atoms with E-state index in [-0.39, 0.29) is 35.9 Å². The number of aliphatic carboxylic acids is 1. The zero-order chi connectivity index (χ0) is 41.6. The summed E-state index contributed by atoms with van der Waals surface area (Å²) >= 11 is 1.56. The van der Waals surface area contributed by atoms with Gasteiger partial charge < -0.3 is 34.6 Å². The molecule has 13 nitrogen and oxygen atoms in total. The summed E-state index contributed by atoms with van der Waals surface area (Å²) in [4.78, 5) is 48.9. The van der Waals surface area contributed by atoms with Crippen LogP contribution in [0.5, 0.6) is 11.5 Å². The first kappa shape index (κ1) is 42.6. The molecule has 8 rings (SSSR count). The topological polar surface area (TPSA) is 144 Å². The Balaban J connectivity index is 0.806. The predicted molar refractivity (Wildman–Crippen MR) is 230 cm³/mol. The molecule has 1 aliphatic carbocycles. The molecule has 4 fully saturated rings. The van der Waals surface area contributed by atoms with E-state index in [0.29, 0.717) is 76.1 Å². The molecular weight excluding hydrogens is 783 g/mol. The highest BCUT2D eigenvalue weighted by molar-refractivity contribution is 7.13. The number of phenols is 1. The van der Waals surface area contributed by atoms with Crippen LogP contribution in [-0.4, -0.2) is 144 Å². The van der Waals surface area contributed by atoms with Crippen LogP contribution < -0.4 is 10.1 Å². The summed E-state index contributed by atoms with van der Waals surface area (Å²) in [5.74, 6) is -0.467. The van der Waals surface area contributed by atoms with Crippen LogP contribution in [0.1, 0.15) is 82.6 Å². The number of rotatable bonds is 15. The SMILES string of the molecule is Cc1ccc(C(=O)N2CCOC3(CCN(Cc4cccc(CCOC5CCN(CCN(CCc6ccc(O)c7c6OCC(=O)N7)C6CCCCC6)[C@@H]5C(=O)O)c4)CC3)C2)s1. The molecule has 5 aliphatic rings. The molecule has 2 amide bonds. The Hall–Kier alpha value is -4.05. The number of nitrogens with one attached hydrogen (secondary N) is 1. The lowest BCUT2D eigenvalue weighted by Crippen LogP contribution is -2.57. The van der Waals surface area contributed by atoms with Crippen molar-refractivity contribution in [1.82, 2.24) is 19.6 Å². The van der Waals surface area contributed by atoms with Crippen molar-refractivity contribution < 1.29 is 38.8 Å². The van der Waals surface area contributed by atoms with Gasteiger partial charge in [0.05, 0.1) is 36.3 Å². The normalized spacial score (nSPS) is 22.5. The summed E-state index contributed by atoms with van der Waals surface area (Å²) in [6.45, 7) is 9.81. The molecule has 1 unspecified atom stereocenters. The Kier molecular flexibility index (Phi) is 13.7. The van der Waals surface area contributed by atoms with E-state index in [0.717, 1.165) is 73.7 Å². The van der Waals surface area contributed by atoms with Crippen molar-refractivity contribution in [2.75, 3.05) is 77.5 Å². The molecule has 1 spiro atoms. The van der Waals surface area contributed by atoms with E-state index in [1.807, 2.05) is 30.0 Å². The maximum absolute atomic E-state index is 13.2. The smallest absolute Gasteiger partial charge is 0.323 e. The zero-order valence-corrected chi connectivity index (χ0v) is 35.8. The highest BCUT2D eigenvalue weighted by Gasteiger charge is 2.42. The molecule has 324 valence electrons. The van der Waals surface area contributed by atoms with Crippen molar-refractivity contribution in [2.45, 2.75) is 101 Å². The van der Waals surface area contributed by atoms with Crippen LogP contribution in [0.15, 0.2) is 48.5 Å². The number of likely N-dealkylation sites (tertiary alicyclic amines) is 2. The number of benzene rings is 2. The minimum absolute atomic E-state index is 0.00391. The number of piperidine rings is 1. The summed E-state index contributed by atoms with van der Waals surface area (Å²) in [6, 6.07) is 15.8. The van der Waals surface area contributed by atoms with Crippen LogP contribution in [0.2, 0.25) is 0 Å². The van der Waals surface area contributed by atoms with Crippen LogP contribution in [0.4, 0.5) is 5.69 Å². The van der Waals surface area contributed by atoms with E-state index >= 15 is 0 Å². The van der Waals surface area contributed by atoms with Gasteiger partial charge in [0.25, 0.3) is 11.8 Å². The van der Waals surface area contributed by atoms with E-state index in [1.165, 1.54) is 30.4 Å². The Morgan fingerprint density at radius 3 is 2.58 bits per heavy atom. The second-order valence-electron chi connectivity index (χ2n) is 17.4. The van der Waals surface area contributed by atoms with Gasteiger partial charge in [-0.05, 0) is 86.8 Å². The molecule has 4 aliphatic heterocycles.